The van der Waals surface area contributed by atoms with Crippen molar-refractivity contribution in [3.05, 3.63) is 64.4 Å². The highest BCUT2D eigenvalue weighted by atomic mass is 35.5. The van der Waals surface area contributed by atoms with Gasteiger partial charge in [0, 0.05) is 10.6 Å². The summed E-state index contributed by atoms with van der Waals surface area (Å²) in [6.07, 6.45) is -2.81. The second-order valence-corrected chi connectivity index (χ2v) is 6.45. The van der Waals surface area contributed by atoms with Crippen molar-refractivity contribution in [1.29, 1.82) is 0 Å². The highest BCUT2D eigenvalue weighted by Gasteiger charge is 2.21. The number of esters is 1. The van der Waals surface area contributed by atoms with Crippen LogP contribution in [-0.4, -0.2) is 29.0 Å². The van der Waals surface area contributed by atoms with Crippen molar-refractivity contribution in [2.45, 2.75) is 18.9 Å². The fraction of sp³-hybridized carbons (Fsp3) is 0.211. The Labute approximate surface area is 163 Å². The first kappa shape index (κ1) is 19.8. The molecule has 1 amide bonds. The van der Waals surface area contributed by atoms with Crippen LogP contribution >= 0.6 is 11.6 Å². The number of amides is 1. The summed E-state index contributed by atoms with van der Waals surface area (Å²) in [7, 11) is 1.26. The number of hydrogen-bond acceptors (Lipinski definition) is 4. The van der Waals surface area contributed by atoms with Crippen molar-refractivity contribution >= 4 is 34.5 Å². The third kappa shape index (κ3) is 4.45. The number of H-pyrrole nitrogens is 1. The standard InChI is InChI=1S/C19H16ClF2N3O3/c1-28-16(26)9-14(10-2-5-12(20)6-3-10)25-19(27)11-4-7-13-15(8-11)24-18(23-13)17(21)22/h2-8,14,17H,9H2,1H3,(H,23,24)(H,25,27). The topological polar surface area (TPSA) is 84.1 Å². The van der Waals surface area contributed by atoms with Crippen molar-refractivity contribution in [3.8, 4) is 0 Å². The molecule has 146 valence electrons. The molecule has 3 aromatic rings. The molecule has 1 atom stereocenters. The second kappa shape index (κ2) is 8.35. The van der Waals surface area contributed by atoms with Crippen LogP contribution in [0.2, 0.25) is 5.02 Å². The first-order valence-electron chi connectivity index (χ1n) is 8.28. The number of carbonyl (C=O) groups is 2. The molecule has 1 aromatic heterocycles. The summed E-state index contributed by atoms with van der Waals surface area (Å²) in [5.41, 5.74) is 1.56. The molecule has 2 N–H and O–H groups in total. The van der Waals surface area contributed by atoms with Gasteiger partial charge in [-0.1, -0.05) is 23.7 Å². The second-order valence-electron chi connectivity index (χ2n) is 6.01. The van der Waals surface area contributed by atoms with Gasteiger partial charge in [-0.25, -0.2) is 13.8 Å². The molecule has 0 aliphatic carbocycles. The van der Waals surface area contributed by atoms with E-state index in [9.17, 15) is 18.4 Å². The number of hydrogen-bond donors (Lipinski definition) is 2. The van der Waals surface area contributed by atoms with Crippen LogP contribution in [0.15, 0.2) is 42.5 Å². The molecule has 1 heterocycles. The van der Waals surface area contributed by atoms with Crippen molar-refractivity contribution < 1.29 is 23.1 Å². The van der Waals surface area contributed by atoms with E-state index in [1.54, 1.807) is 24.3 Å². The molecule has 0 radical (unpaired) electrons. The van der Waals surface area contributed by atoms with Crippen LogP contribution in [0, 0.1) is 0 Å². The number of nitrogens with one attached hydrogen (secondary N) is 2. The van der Waals surface area contributed by atoms with E-state index in [1.807, 2.05) is 0 Å². The quantitative estimate of drug-likeness (QED) is 0.600. The number of rotatable bonds is 6. The lowest BCUT2D eigenvalue weighted by Crippen LogP contribution is -2.30. The fourth-order valence-corrected chi connectivity index (χ4v) is 2.84. The minimum atomic E-state index is -2.74. The van der Waals surface area contributed by atoms with Crippen LogP contribution in [-0.2, 0) is 9.53 Å². The van der Waals surface area contributed by atoms with Crippen LogP contribution < -0.4 is 5.32 Å². The van der Waals surface area contributed by atoms with Crippen molar-refractivity contribution in [1.82, 2.24) is 15.3 Å². The number of aromatic amines is 1. The van der Waals surface area contributed by atoms with Crippen molar-refractivity contribution in [3.63, 3.8) is 0 Å². The Morgan fingerprint density at radius 2 is 1.93 bits per heavy atom. The minimum absolute atomic E-state index is 0.0777. The molecule has 0 saturated heterocycles. The van der Waals surface area contributed by atoms with Gasteiger partial charge >= 0.3 is 5.97 Å². The number of alkyl halides is 2. The van der Waals surface area contributed by atoms with E-state index in [2.05, 4.69) is 15.3 Å². The van der Waals surface area contributed by atoms with Gasteiger partial charge in [0.1, 0.15) is 0 Å². The number of fused-ring (bicyclic) bond motifs is 1. The SMILES string of the molecule is COC(=O)CC(NC(=O)c1ccc2nc(C(F)F)[nH]c2c1)c1ccc(Cl)cc1. The largest absolute Gasteiger partial charge is 0.469 e. The Kier molecular flexibility index (Phi) is 5.89. The minimum Gasteiger partial charge on any atom is -0.469 e. The number of nitrogens with zero attached hydrogens (tertiary/aromatic N) is 1. The summed E-state index contributed by atoms with van der Waals surface area (Å²) < 4.78 is 30.3. The molecule has 9 heteroatoms. The number of halogens is 3. The zero-order valence-electron chi connectivity index (χ0n) is 14.7. The monoisotopic (exact) mass is 407 g/mol. The average molecular weight is 408 g/mol. The maximum absolute atomic E-state index is 12.8. The molecular weight excluding hydrogens is 392 g/mol. The Bertz CT molecular complexity index is 1010. The summed E-state index contributed by atoms with van der Waals surface area (Å²) in [6, 6.07) is 10.4. The van der Waals surface area contributed by atoms with Gasteiger partial charge in [-0.15, -0.1) is 0 Å². The van der Waals surface area contributed by atoms with Crippen LogP contribution in [0.3, 0.4) is 0 Å². The third-order valence-electron chi connectivity index (χ3n) is 4.15. The number of ether oxygens (including phenoxy) is 1. The van der Waals surface area contributed by atoms with Crippen LogP contribution in [0.25, 0.3) is 11.0 Å². The van der Waals surface area contributed by atoms with Crippen molar-refractivity contribution in [2.75, 3.05) is 7.11 Å². The molecule has 3 rings (SSSR count). The van der Waals surface area contributed by atoms with E-state index >= 15 is 0 Å². The van der Waals surface area contributed by atoms with Gasteiger partial charge in [0.2, 0.25) is 0 Å². The highest BCUT2D eigenvalue weighted by molar-refractivity contribution is 6.30. The summed E-state index contributed by atoms with van der Waals surface area (Å²) in [6.45, 7) is 0. The summed E-state index contributed by atoms with van der Waals surface area (Å²) in [5.74, 6) is -1.43. The molecule has 0 saturated carbocycles. The number of imidazole rings is 1. The van der Waals surface area contributed by atoms with E-state index in [0.29, 0.717) is 21.6 Å². The number of carbonyl (C=O) groups excluding carboxylic acids is 2. The average Bonchev–Trinajstić information content (AvgIpc) is 3.11. The lowest BCUT2D eigenvalue weighted by atomic mass is 10.0. The van der Waals surface area contributed by atoms with Gasteiger partial charge in [0.25, 0.3) is 12.3 Å². The Hall–Kier alpha value is -3.00. The van der Waals surface area contributed by atoms with Gasteiger partial charge in [0.05, 0.1) is 30.6 Å². The van der Waals surface area contributed by atoms with Crippen LogP contribution in [0.1, 0.15) is 40.6 Å². The molecule has 0 bridgehead atoms. The molecule has 0 spiro atoms. The van der Waals surface area contributed by atoms with Gasteiger partial charge in [-0.3, -0.25) is 9.59 Å². The Morgan fingerprint density at radius 1 is 1.21 bits per heavy atom. The number of benzene rings is 2. The van der Waals surface area contributed by atoms with Gasteiger partial charge in [-0.2, -0.15) is 0 Å². The van der Waals surface area contributed by atoms with E-state index < -0.39 is 30.2 Å². The van der Waals surface area contributed by atoms with E-state index in [1.165, 1.54) is 25.3 Å². The third-order valence-corrected chi connectivity index (χ3v) is 4.40. The smallest absolute Gasteiger partial charge is 0.307 e. The van der Waals surface area contributed by atoms with Crippen LogP contribution in [0.5, 0.6) is 0 Å². The molecule has 0 fully saturated rings. The van der Waals surface area contributed by atoms with Gasteiger partial charge < -0.3 is 15.0 Å². The lowest BCUT2D eigenvalue weighted by Gasteiger charge is -2.18. The summed E-state index contributed by atoms with van der Waals surface area (Å²) in [5, 5.41) is 3.28. The molecule has 0 aliphatic heterocycles. The van der Waals surface area contributed by atoms with Gasteiger partial charge in [0.15, 0.2) is 5.82 Å². The molecule has 28 heavy (non-hydrogen) atoms. The van der Waals surface area contributed by atoms with Crippen LogP contribution in [0.4, 0.5) is 8.78 Å². The fourth-order valence-electron chi connectivity index (χ4n) is 2.71. The molecule has 6 nitrogen and oxygen atoms in total. The summed E-state index contributed by atoms with van der Waals surface area (Å²) in [4.78, 5) is 30.7. The van der Waals surface area contributed by atoms with E-state index in [4.69, 9.17) is 16.3 Å². The normalized spacial score (nSPS) is 12.2. The molecule has 1 unspecified atom stereocenters. The van der Waals surface area contributed by atoms with Crippen molar-refractivity contribution in [2.24, 2.45) is 0 Å². The number of methoxy groups -OCH3 is 1. The first-order valence-corrected chi connectivity index (χ1v) is 8.66. The maximum atomic E-state index is 12.8. The highest BCUT2D eigenvalue weighted by Crippen LogP contribution is 2.23. The Morgan fingerprint density at radius 3 is 2.57 bits per heavy atom. The van der Waals surface area contributed by atoms with E-state index in [0.717, 1.165) is 0 Å². The van der Waals surface area contributed by atoms with Gasteiger partial charge in [-0.05, 0) is 35.9 Å². The molecule has 2 aromatic carbocycles. The number of aromatic nitrogens is 2. The zero-order chi connectivity index (χ0) is 20.3. The summed E-state index contributed by atoms with van der Waals surface area (Å²) >= 11 is 5.89. The predicted octanol–water partition coefficient (Wildman–Crippen LogP) is 4.19. The lowest BCUT2D eigenvalue weighted by molar-refractivity contribution is -0.141. The first-order chi connectivity index (χ1) is 13.4. The predicted molar refractivity (Wildman–Crippen MR) is 99.3 cm³/mol. The molecular formula is C19H16ClF2N3O3. The molecule has 0 aliphatic rings. The zero-order valence-corrected chi connectivity index (χ0v) is 15.5. The maximum Gasteiger partial charge on any atom is 0.307 e. The Balaban J connectivity index is 1.85. The van der Waals surface area contributed by atoms with E-state index in [-0.39, 0.29) is 12.0 Å².